The lowest BCUT2D eigenvalue weighted by atomic mass is 10.0. The van der Waals surface area contributed by atoms with Crippen LogP contribution in [0.15, 0.2) is 48.5 Å². The molecule has 0 heterocycles. The first-order valence-corrected chi connectivity index (χ1v) is 7.74. The first-order chi connectivity index (χ1) is 10.5. The molecular weight excluding hydrogens is 272 g/mol. The Bertz CT molecular complexity index is 610. The summed E-state index contributed by atoms with van der Waals surface area (Å²) in [5, 5.41) is 13.8. The number of aryl methyl sites for hydroxylation is 1. The number of hydrogen-bond donors (Lipinski definition) is 2. The molecule has 2 atom stereocenters. The lowest BCUT2D eigenvalue weighted by Gasteiger charge is -2.24. The molecule has 2 rings (SSSR count). The van der Waals surface area contributed by atoms with Gasteiger partial charge >= 0.3 is 0 Å². The summed E-state index contributed by atoms with van der Waals surface area (Å²) in [6.45, 7) is 4.70. The molecule has 3 heteroatoms. The van der Waals surface area contributed by atoms with E-state index in [1.54, 1.807) is 0 Å². The largest absolute Gasteiger partial charge is 0.387 e. The number of nitrogens with one attached hydrogen (secondary N) is 1. The van der Waals surface area contributed by atoms with Gasteiger partial charge in [0.1, 0.15) is 0 Å². The van der Waals surface area contributed by atoms with E-state index in [1.165, 1.54) is 11.3 Å². The fraction of sp³-hybridized carbons (Fsp3) is 0.368. The van der Waals surface area contributed by atoms with Crippen molar-refractivity contribution in [1.82, 2.24) is 5.32 Å². The first kappa shape index (κ1) is 16.5. The van der Waals surface area contributed by atoms with Gasteiger partial charge in [-0.3, -0.25) is 0 Å². The molecule has 0 saturated carbocycles. The smallest absolute Gasteiger partial charge is 0.0917 e. The van der Waals surface area contributed by atoms with Crippen molar-refractivity contribution >= 4 is 5.69 Å². The van der Waals surface area contributed by atoms with Crippen molar-refractivity contribution in [1.29, 1.82) is 0 Å². The van der Waals surface area contributed by atoms with Crippen molar-refractivity contribution in [2.24, 2.45) is 0 Å². The summed E-state index contributed by atoms with van der Waals surface area (Å²) in [4.78, 5) is 2.12. The van der Waals surface area contributed by atoms with Gasteiger partial charge in [0.2, 0.25) is 0 Å². The van der Waals surface area contributed by atoms with Gasteiger partial charge in [-0.15, -0.1) is 0 Å². The van der Waals surface area contributed by atoms with Gasteiger partial charge in [-0.1, -0.05) is 42.5 Å². The molecule has 0 radical (unpaired) electrons. The third kappa shape index (κ3) is 3.87. The monoisotopic (exact) mass is 298 g/mol. The molecule has 0 aliphatic rings. The van der Waals surface area contributed by atoms with Gasteiger partial charge in [0.25, 0.3) is 0 Å². The molecule has 0 spiro atoms. The number of benzene rings is 2. The average Bonchev–Trinajstić information content (AvgIpc) is 2.52. The molecule has 22 heavy (non-hydrogen) atoms. The molecule has 118 valence electrons. The minimum atomic E-state index is -0.491. The Kier molecular flexibility index (Phi) is 5.58. The van der Waals surface area contributed by atoms with Gasteiger partial charge in [0.05, 0.1) is 6.10 Å². The van der Waals surface area contributed by atoms with Crippen LogP contribution < -0.4 is 10.2 Å². The molecule has 0 amide bonds. The average molecular weight is 298 g/mol. The molecule has 0 aliphatic carbocycles. The van der Waals surface area contributed by atoms with Gasteiger partial charge in [0, 0.05) is 32.4 Å². The molecule has 2 aromatic carbocycles. The Morgan fingerprint density at radius 2 is 1.59 bits per heavy atom. The number of para-hydroxylation sites is 1. The zero-order valence-electron chi connectivity index (χ0n) is 13.9. The quantitative estimate of drug-likeness (QED) is 0.857. The molecule has 0 aliphatic heterocycles. The van der Waals surface area contributed by atoms with Gasteiger partial charge < -0.3 is 15.3 Å². The van der Waals surface area contributed by atoms with Crippen LogP contribution in [0.1, 0.15) is 35.8 Å². The van der Waals surface area contributed by atoms with Crippen molar-refractivity contribution < 1.29 is 5.11 Å². The van der Waals surface area contributed by atoms with Crippen molar-refractivity contribution in [3.05, 3.63) is 65.2 Å². The highest BCUT2D eigenvalue weighted by Crippen LogP contribution is 2.25. The van der Waals surface area contributed by atoms with Crippen LogP contribution in [0.2, 0.25) is 0 Å². The third-order valence-corrected chi connectivity index (χ3v) is 4.05. The summed E-state index contributed by atoms with van der Waals surface area (Å²) in [6.07, 6.45) is -0.491. The van der Waals surface area contributed by atoms with Crippen LogP contribution in [-0.4, -0.2) is 25.7 Å². The predicted molar refractivity (Wildman–Crippen MR) is 93.3 cm³/mol. The normalized spacial score (nSPS) is 13.7. The van der Waals surface area contributed by atoms with E-state index in [0.29, 0.717) is 6.54 Å². The molecule has 2 N–H and O–H groups in total. The second-order valence-electron chi connectivity index (χ2n) is 5.96. The van der Waals surface area contributed by atoms with E-state index >= 15 is 0 Å². The van der Waals surface area contributed by atoms with Crippen molar-refractivity contribution in [3.63, 3.8) is 0 Å². The van der Waals surface area contributed by atoms with Crippen LogP contribution in [0.5, 0.6) is 0 Å². The highest BCUT2D eigenvalue weighted by atomic mass is 16.3. The zero-order valence-corrected chi connectivity index (χ0v) is 13.9. The highest BCUT2D eigenvalue weighted by molar-refractivity contribution is 5.53. The molecule has 2 unspecified atom stereocenters. The molecule has 0 bridgehead atoms. The van der Waals surface area contributed by atoms with Crippen LogP contribution in [-0.2, 0) is 0 Å². The van der Waals surface area contributed by atoms with Crippen LogP contribution in [0.25, 0.3) is 0 Å². The number of rotatable bonds is 6. The zero-order chi connectivity index (χ0) is 16.1. The third-order valence-electron chi connectivity index (χ3n) is 4.05. The maximum absolute atomic E-state index is 10.4. The Hall–Kier alpha value is -1.84. The maximum atomic E-state index is 10.4. The van der Waals surface area contributed by atoms with E-state index in [2.05, 4.69) is 35.3 Å². The van der Waals surface area contributed by atoms with Crippen LogP contribution >= 0.6 is 0 Å². The summed E-state index contributed by atoms with van der Waals surface area (Å²) < 4.78 is 0. The minimum Gasteiger partial charge on any atom is -0.387 e. The fourth-order valence-electron chi connectivity index (χ4n) is 2.73. The standard InChI is InChI=1S/C19H26N2O/c1-14-9-5-6-10-16(14)19(22)13-20-15(2)17-11-7-8-12-18(17)21(3)4/h5-12,15,19-20,22H,13H2,1-4H3. The van der Waals surface area contributed by atoms with Gasteiger partial charge in [-0.25, -0.2) is 0 Å². The summed E-state index contributed by atoms with van der Waals surface area (Å²) in [6, 6.07) is 16.5. The Morgan fingerprint density at radius 3 is 2.23 bits per heavy atom. The summed E-state index contributed by atoms with van der Waals surface area (Å²) in [5.74, 6) is 0. The Labute approximate surface area is 133 Å². The second kappa shape index (κ2) is 7.43. The number of hydrogen-bond acceptors (Lipinski definition) is 3. The summed E-state index contributed by atoms with van der Waals surface area (Å²) in [7, 11) is 4.10. The van der Waals surface area contributed by atoms with Crippen molar-refractivity contribution in [2.75, 3.05) is 25.5 Å². The van der Waals surface area contributed by atoms with Gasteiger partial charge in [0.15, 0.2) is 0 Å². The van der Waals surface area contributed by atoms with E-state index in [1.807, 2.05) is 51.4 Å². The number of nitrogens with zero attached hydrogens (tertiary/aromatic N) is 1. The molecule has 0 fully saturated rings. The molecule has 3 nitrogen and oxygen atoms in total. The lowest BCUT2D eigenvalue weighted by molar-refractivity contribution is 0.170. The van der Waals surface area contributed by atoms with Crippen LogP contribution in [0.3, 0.4) is 0 Å². The second-order valence-corrected chi connectivity index (χ2v) is 5.96. The topological polar surface area (TPSA) is 35.5 Å². The Morgan fingerprint density at radius 1 is 1.00 bits per heavy atom. The SMILES string of the molecule is Cc1ccccc1C(O)CNC(C)c1ccccc1N(C)C. The van der Waals surface area contributed by atoms with E-state index in [-0.39, 0.29) is 6.04 Å². The fourth-order valence-corrected chi connectivity index (χ4v) is 2.73. The molecular formula is C19H26N2O. The van der Waals surface area contributed by atoms with E-state index in [4.69, 9.17) is 0 Å². The van der Waals surface area contributed by atoms with Crippen LogP contribution in [0, 0.1) is 6.92 Å². The molecule has 2 aromatic rings. The number of anilines is 1. The highest BCUT2D eigenvalue weighted by Gasteiger charge is 2.14. The number of aliphatic hydroxyl groups is 1. The van der Waals surface area contributed by atoms with E-state index < -0.39 is 6.10 Å². The number of aliphatic hydroxyl groups excluding tert-OH is 1. The van der Waals surface area contributed by atoms with Gasteiger partial charge in [-0.2, -0.15) is 0 Å². The minimum absolute atomic E-state index is 0.178. The Balaban J connectivity index is 2.04. The van der Waals surface area contributed by atoms with Crippen molar-refractivity contribution in [3.8, 4) is 0 Å². The maximum Gasteiger partial charge on any atom is 0.0917 e. The lowest BCUT2D eigenvalue weighted by Crippen LogP contribution is -2.26. The summed E-state index contributed by atoms with van der Waals surface area (Å²) >= 11 is 0. The van der Waals surface area contributed by atoms with E-state index in [0.717, 1.165) is 11.1 Å². The predicted octanol–water partition coefficient (Wildman–Crippen LogP) is 3.45. The summed E-state index contributed by atoms with van der Waals surface area (Å²) in [5.41, 5.74) is 4.55. The molecule has 0 saturated heterocycles. The van der Waals surface area contributed by atoms with Crippen LogP contribution in [0.4, 0.5) is 5.69 Å². The van der Waals surface area contributed by atoms with E-state index in [9.17, 15) is 5.11 Å². The molecule has 0 aromatic heterocycles. The van der Waals surface area contributed by atoms with Crippen molar-refractivity contribution in [2.45, 2.75) is 26.0 Å². The van der Waals surface area contributed by atoms with Gasteiger partial charge in [-0.05, 0) is 36.6 Å². The first-order valence-electron chi connectivity index (χ1n) is 7.74.